The SMILES string of the molecule is Cc1nn(C)cc1[C@@H](C)Nc1nc(-c2ccccn2)nc2c1CCC2. The minimum absolute atomic E-state index is 0.130. The largest absolute Gasteiger partial charge is 0.363 e. The van der Waals surface area contributed by atoms with Crippen LogP contribution in [-0.2, 0) is 19.9 Å². The summed E-state index contributed by atoms with van der Waals surface area (Å²) < 4.78 is 1.85. The first-order valence-electron chi connectivity index (χ1n) is 8.69. The second-order valence-corrected chi connectivity index (χ2v) is 6.60. The zero-order valence-electron chi connectivity index (χ0n) is 14.8. The molecule has 0 saturated heterocycles. The van der Waals surface area contributed by atoms with E-state index < -0.39 is 0 Å². The molecule has 0 unspecified atom stereocenters. The summed E-state index contributed by atoms with van der Waals surface area (Å²) in [6.45, 7) is 4.19. The Bertz CT molecular complexity index is 900. The highest BCUT2D eigenvalue weighted by Crippen LogP contribution is 2.31. The Balaban J connectivity index is 1.71. The van der Waals surface area contributed by atoms with E-state index in [4.69, 9.17) is 9.97 Å². The molecule has 3 aromatic heterocycles. The van der Waals surface area contributed by atoms with Crippen molar-refractivity contribution >= 4 is 5.82 Å². The third kappa shape index (κ3) is 2.99. The van der Waals surface area contributed by atoms with Gasteiger partial charge in [-0.25, -0.2) is 9.97 Å². The number of aromatic nitrogens is 5. The Morgan fingerprint density at radius 1 is 1.20 bits per heavy atom. The fourth-order valence-corrected chi connectivity index (χ4v) is 3.49. The molecule has 3 heterocycles. The standard InChI is InChI=1S/C19H22N6/c1-12(15-11-25(3)24-13(15)2)21-18-14-7-6-9-16(14)22-19(23-18)17-8-4-5-10-20-17/h4-5,8,10-12H,6-7,9H2,1-3H3,(H,21,22,23)/t12-/m1/s1. The lowest BCUT2D eigenvalue weighted by molar-refractivity contribution is 0.756. The monoisotopic (exact) mass is 334 g/mol. The third-order valence-corrected chi connectivity index (χ3v) is 4.70. The Morgan fingerprint density at radius 2 is 2.08 bits per heavy atom. The molecular formula is C19H22N6. The molecule has 1 aliphatic rings. The fourth-order valence-electron chi connectivity index (χ4n) is 3.49. The van der Waals surface area contributed by atoms with E-state index in [1.807, 2.05) is 36.9 Å². The molecule has 0 aromatic carbocycles. The van der Waals surface area contributed by atoms with Gasteiger partial charge in [0, 0.05) is 36.3 Å². The minimum Gasteiger partial charge on any atom is -0.363 e. The molecule has 6 nitrogen and oxygen atoms in total. The Kier molecular flexibility index (Phi) is 3.95. The van der Waals surface area contributed by atoms with E-state index in [-0.39, 0.29) is 6.04 Å². The maximum absolute atomic E-state index is 4.80. The molecule has 3 aromatic rings. The Hall–Kier alpha value is -2.76. The van der Waals surface area contributed by atoms with Gasteiger partial charge in [-0.05, 0) is 45.2 Å². The first kappa shape index (κ1) is 15.7. The van der Waals surface area contributed by atoms with Crippen LogP contribution in [0.4, 0.5) is 5.82 Å². The number of aryl methyl sites for hydroxylation is 3. The number of rotatable bonds is 4. The van der Waals surface area contributed by atoms with Crippen LogP contribution in [0.15, 0.2) is 30.6 Å². The smallest absolute Gasteiger partial charge is 0.180 e. The molecule has 1 aliphatic carbocycles. The molecule has 0 saturated carbocycles. The summed E-state index contributed by atoms with van der Waals surface area (Å²) >= 11 is 0. The predicted octanol–water partition coefficient (Wildman–Crippen LogP) is 3.24. The quantitative estimate of drug-likeness (QED) is 0.793. The van der Waals surface area contributed by atoms with Crippen molar-refractivity contribution in [3.8, 4) is 11.5 Å². The van der Waals surface area contributed by atoms with Crippen molar-refractivity contribution in [2.75, 3.05) is 5.32 Å². The molecule has 1 N–H and O–H groups in total. The molecule has 0 spiro atoms. The molecule has 6 heteroatoms. The lowest BCUT2D eigenvalue weighted by Gasteiger charge is -2.17. The van der Waals surface area contributed by atoms with Crippen LogP contribution in [0, 0.1) is 6.92 Å². The zero-order chi connectivity index (χ0) is 17.4. The number of hydrogen-bond donors (Lipinski definition) is 1. The van der Waals surface area contributed by atoms with Gasteiger partial charge < -0.3 is 5.32 Å². The number of fused-ring (bicyclic) bond motifs is 1. The van der Waals surface area contributed by atoms with Crippen molar-refractivity contribution in [3.05, 3.63) is 53.1 Å². The van der Waals surface area contributed by atoms with Crippen LogP contribution < -0.4 is 5.32 Å². The average molecular weight is 334 g/mol. The number of pyridine rings is 1. The Labute approximate surface area is 147 Å². The van der Waals surface area contributed by atoms with Gasteiger partial charge in [0.2, 0.25) is 0 Å². The van der Waals surface area contributed by atoms with Crippen LogP contribution in [0.25, 0.3) is 11.5 Å². The predicted molar refractivity (Wildman–Crippen MR) is 97.3 cm³/mol. The van der Waals surface area contributed by atoms with Gasteiger partial charge in [0.1, 0.15) is 11.5 Å². The van der Waals surface area contributed by atoms with Crippen LogP contribution in [0.2, 0.25) is 0 Å². The first-order chi connectivity index (χ1) is 12.1. The summed E-state index contributed by atoms with van der Waals surface area (Å²) in [6.07, 6.45) is 7.00. The summed E-state index contributed by atoms with van der Waals surface area (Å²) in [7, 11) is 1.95. The number of nitrogens with one attached hydrogen (secondary N) is 1. The second-order valence-electron chi connectivity index (χ2n) is 6.60. The summed E-state index contributed by atoms with van der Waals surface area (Å²) in [4.78, 5) is 14.0. The van der Waals surface area contributed by atoms with E-state index in [1.165, 1.54) is 11.1 Å². The highest BCUT2D eigenvalue weighted by molar-refractivity contribution is 5.58. The maximum Gasteiger partial charge on any atom is 0.180 e. The average Bonchev–Trinajstić information content (AvgIpc) is 3.21. The molecule has 0 amide bonds. The zero-order valence-corrected chi connectivity index (χ0v) is 14.8. The van der Waals surface area contributed by atoms with Crippen molar-refractivity contribution in [1.29, 1.82) is 0 Å². The summed E-state index contributed by atoms with van der Waals surface area (Å²) in [5.41, 5.74) is 5.43. The van der Waals surface area contributed by atoms with Crippen LogP contribution in [0.3, 0.4) is 0 Å². The van der Waals surface area contributed by atoms with E-state index in [0.717, 1.165) is 42.2 Å². The van der Waals surface area contributed by atoms with Gasteiger partial charge in [0.25, 0.3) is 0 Å². The molecule has 4 rings (SSSR count). The van der Waals surface area contributed by atoms with Crippen molar-refractivity contribution < 1.29 is 0 Å². The molecule has 128 valence electrons. The molecule has 1 atom stereocenters. The molecule has 25 heavy (non-hydrogen) atoms. The molecule has 0 bridgehead atoms. The molecule has 0 fully saturated rings. The van der Waals surface area contributed by atoms with E-state index in [9.17, 15) is 0 Å². The summed E-state index contributed by atoms with van der Waals surface area (Å²) in [5, 5.41) is 8.04. The lowest BCUT2D eigenvalue weighted by Crippen LogP contribution is -2.12. The van der Waals surface area contributed by atoms with E-state index >= 15 is 0 Å². The number of anilines is 1. The van der Waals surface area contributed by atoms with Crippen LogP contribution in [0.5, 0.6) is 0 Å². The van der Waals surface area contributed by atoms with E-state index in [0.29, 0.717) is 5.82 Å². The number of hydrogen-bond acceptors (Lipinski definition) is 5. The summed E-state index contributed by atoms with van der Waals surface area (Å²) in [5.74, 6) is 1.62. The maximum atomic E-state index is 4.80. The van der Waals surface area contributed by atoms with Gasteiger partial charge in [-0.15, -0.1) is 0 Å². The van der Waals surface area contributed by atoms with Gasteiger partial charge in [-0.3, -0.25) is 9.67 Å². The van der Waals surface area contributed by atoms with Gasteiger partial charge in [0.05, 0.1) is 11.7 Å². The normalized spacial score (nSPS) is 14.4. The minimum atomic E-state index is 0.130. The molecule has 0 aliphatic heterocycles. The van der Waals surface area contributed by atoms with E-state index in [1.54, 1.807) is 6.20 Å². The highest BCUT2D eigenvalue weighted by atomic mass is 15.3. The van der Waals surface area contributed by atoms with Gasteiger partial charge in [-0.1, -0.05) is 6.07 Å². The molecular weight excluding hydrogens is 312 g/mol. The lowest BCUT2D eigenvalue weighted by atomic mass is 10.1. The van der Waals surface area contributed by atoms with Crippen molar-refractivity contribution in [2.24, 2.45) is 7.05 Å². The van der Waals surface area contributed by atoms with E-state index in [2.05, 4.69) is 28.5 Å². The van der Waals surface area contributed by atoms with Crippen molar-refractivity contribution in [3.63, 3.8) is 0 Å². The van der Waals surface area contributed by atoms with Crippen LogP contribution in [-0.4, -0.2) is 24.7 Å². The topological polar surface area (TPSA) is 68.5 Å². The Morgan fingerprint density at radius 3 is 2.80 bits per heavy atom. The first-order valence-corrected chi connectivity index (χ1v) is 8.69. The third-order valence-electron chi connectivity index (χ3n) is 4.70. The summed E-state index contributed by atoms with van der Waals surface area (Å²) in [6, 6.07) is 5.95. The van der Waals surface area contributed by atoms with Gasteiger partial charge in [0.15, 0.2) is 5.82 Å². The van der Waals surface area contributed by atoms with Crippen LogP contribution in [0.1, 0.15) is 41.9 Å². The fraction of sp³-hybridized carbons (Fsp3) is 0.368. The van der Waals surface area contributed by atoms with Crippen molar-refractivity contribution in [1.82, 2.24) is 24.7 Å². The van der Waals surface area contributed by atoms with Gasteiger partial charge >= 0.3 is 0 Å². The van der Waals surface area contributed by atoms with Crippen molar-refractivity contribution in [2.45, 2.75) is 39.2 Å². The second kappa shape index (κ2) is 6.27. The van der Waals surface area contributed by atoms with Gasteiger partial charge in [-0.2, -0.15) is 5.10 Å². The van der Waals surface area contributed by atoms with Crippen LogP contribution >= 0.6 is 0 Å². The highest BCUT2D eigenvalue weighted by Gasteiger charge is 2.22. The number of nitrogens with zero attached hydrogens (tertiary/aromatic N) is 5. The molecule has 0 radical (unpaired) electrons.